The minimum Gasteiger partial charge on any atom is -0.497 e. The number of carbonyl (C=O) groups is 2. The third kappa shape index (κ3) is 3.81. The van der Waals surface area contributed by atoms with E-state index in [-0.39, 0.29) is 5.56 Å². The maximum absolute atomic E-state index is 12.4. The number of amides is 1. The number of carbonyl (C=O) groups excluding carboxylic acids is 2. The van der Waals surface area contributed by atoms with Crippen LogP contribution >= 0.6 is 0 Å². The first kappa shape index (κ1) is 18.2. The minimum atomic E-state index is -0.668. The van der Waals surface area contributed by atoms with E-state index in [1.165, 1.54) is 18.7 Å². The van der Waals surface area contributed by atoms with Crippen LogP contribution in [-0.4, -0.2) is 47.3 Å². The molecular formula is C18H18N4O5. The SMILES string of the molecule is COc1ccc(NC(=O)COC(=O)c2c(C)nn3cccnc23)c(OC)c1. The number of fused-ring (bicyclic) bond motifs is 1. The number of esters is 1. The standard InChI is InChI=1S/C18H18N4O5/c1-11-16(17-19-7-4-8-22(17)21-11)18(24)27-10-15(23)20-13-6-5-12(25-2)9-14(13)26-3/h4-9H,10H2,1-3H3,(H,20,23). The summed E-state index contributed by atoms with van der Waals surface area (Å²) in [6, 6.07) is 6.65. The number of aryl methyl sites for hydroxylation is 1. The summed E-state index contributed by atoms with van der Waals surface area (Å²) in [6.07, 6.45) is 3.23. The van der Waals surface area contributed by atoms with Crippen LogP contribution in [0.15, 0.2) is 36.7 Å². The number of methoxy groups -OCH3 is 2. The van der Waals surface area contributed by atoms with Gasteiger partial charge in [0.1, 0.15) is 17.1 Å². The molecule has 0 aliphatic heterocycles. The second kappa shape index (κ2) is 7.73. The number of nitrogens with zero attached hydrogens (tertiary/aromatic N) is 3. The van der Waals surface area contributed by atoms with Crippen molar-refractivity contribution in [1.82, 2.24) is 14.6 Å². The Bertz CT molecular complexity index is 999. The smallest absolute Gasteiger partial charge is 0.344 e. The van der Waals surface area contributed by atoms with Gasteiger partial charge in [-0.3, -0.25) is 4.79 Å². The highest BCUT2D eigenvalue weighted by Crippen LogP contribution is 2.28. The molecule has 0 fully saturated rings. The molecule has 1 amide bonds. The normalized spacial score (nSPS) is 10.5. The number of nitrogens with one attached hydrogen (secondary N) is 1. The summed E-state index contributed by atoms with van der Waals surface area (Å²) in [5.74, 6) is -0.156. The first-order chi connectivity index (χ1) is 13.0. The molecule has 0 spiro atoms. The summed E-state index contributed by atoms with van der Waals surface area (Å²) in [6.45, 7) is 1.21. The van der Waals surface area contributed by atoms with Gasteiger partial charge in [0.2, 0.25) is 0 Å². The lowest BCUT2D eigenvalue weighted by atomic mass is 10.2. The third-order valence-electron chi connectivity index (χ3n) is 3.79. The molecule has 0 atom stereocenters. The van der Waals surface area contributed by atoms with Gasteiger partial charge in [-0.15, -0.1) is 0 Å². The van der Waals surface area contributed by atoms with Crippen molar-refractivity contribution in [2.24, 2.45) is 0 Å². The Morgan fingerprint density at radius 3 is 2.78 bits per heavy atom. The molecule has 0 saturated heterocycles. The van der Waals surface area contributed by atoms with Gasteiger partial charge >= 0.3 is 5.97 Å². The first-order valence-electron chi connectivity index (χ1n) is 8.02. The highest BCUT2D eigenvalue weighted by atomic mass is 16.5. The molecule has 3 rings (SSSR count). The van der Waals surface area contributed by atoms with Crippen LogP contribution in [0.2, 0.25) is 0 Å². The topological polar surface area (TPSA) is 104 Å². The molecule has 0 bridgehead atoms. The predicted octanol–water partition coefficient (Wildman–Crippen LogP) is 1.85. The number of hydrogen-bond donors (Lipinski definition) is 1. The molecule has 1 N–H and O–H groups in total. The van der Waals surface area contributed by atoms with Crippen LogP contribution in [0.3, 0.4) is 0 Å². The Kier molecular flexibility index (Phi) is 5.20. The molecule has 2 heterocycles. The van der Waals surface area contributed by atoms with Crippen molar-refractivity contribution in [3.8, 4) is 11.5 Å². The largest absolute Gasteiger partial charge is 0.497 e. The van der Waals surface area contributed by atoms with Crippen LogP contribution in [-0.2, 0) is 9.53 Å². The van der Waals surface area contributed by atoms with Crippen molar-refractivity contribution < 1.29 is 23.8 Å². The Balaban J connectivity index is 1.67. The fourth-order valence-corrected chi connectivity index (χ4v) is 2.53. The zero-order chi connectivity index (χ0) is 19.4. The van der Waals surface area contributed by atoms with Gasteiger partial charge in [0.05, 0.1) is 25.6 Å². The monoisotopic (exact) mass is 370 g/mol. The van der Waals surface area contributed by atoms with Crippen molar-refractivity contribution in [2.45, 2.75) is 6.92 Å². The van der Waals surface area contributed by atoms with E-state index in [0.29, 0.717) is 28.5 Å². The molecule has 0 radical (unpaired) electrons. The number of aromatic nitrogens is 3. The van der Waals surface area contributed by atoms with Gasteiger partial charge in [-0.05, 0) is 25.1 Å². The molecule has 140 valence electrons. The Morgan fingerprint density at radius 1 is 1.22 bits per heavy atom. The van der Waals surface area contributed by atoms with E-state index in [2.05, 4.69) is 15.4 Å². The zero-order valence-electron chi connectivity index (χ0n) is 15.1. The van der Waals surface area contributed by atoms with Gasteiger partial charge < -0.3 is 19.5 Å². The molecule has 1 aromatic carbocycles. The highest BCUT2D eigenvalue weighted by molar-refractivity contribution is 5.99. The van der Waals surface area contributed by atoms with E-state index >= 15 is 0 Å². The van der Waals surface area contributed by atoms with Crippen molar-refractivity contribution in [3.63, 3.8) is 0 Å². The van der Waals surface area contributed by atoms with Crippen LogP contribution in [0.5, 0.6) is 11.5 Å². The molecule has 0 saturated carbocycles. The van der Waals surface area contributed by atoms with Crippen LogP contribution in [0, 0.1) is 6.92 Å². The van der Waals surface area contributed by atoms with E-state index in [4.69, 9.17) is 14.2 Å². The summed E-state index contributed by atoms with van der Waals surface area (Å²) in [7, 11) is 3.01. The number of ether oxygens (including phenoxy) is 3. The van der Waals surface area contributed by atoms with Crippen LogP contribution in [0.4, 0.5) is 5.69 Å². The van der Waals surface area contributed by atoms with Gasteiger partial charge in [-0.1, -0.05) is 0 Å². The Hall–Kier alpha value is -3.62. The molecular weight excluding hydrogens is 352 g/mol. The predicted molar refractivity (Wildman–Crippen MR) is 96.2 cm³/mol. The second-order valence-corrected chi connectivity index (χ2v) is 5.54. The fraction of sp³-hybridized carbons (Fsp3) is 0.222. The Labute approximate surface area is 154 Å². The summed E-state index contributed by atoms with van der Waals surface area (Å²) in [4.78, 5) is 28.6. The lowest BCUT2D eigenvalue weighted by Crippen LogP contribution is -2.21. The lowest BCUT2D eigenvalue weighted by Gasteiger charge is -2.11. The summed E-state index contributed by atoms with van der Waals surface area (Å²) in [5.41, 5.74) is 1.51. The van der Waals surface area contributed by atoms with Gasteiger partial charge in [0.15, 0.2) is 12.3 Å². The summed E-state index contributed by atoms with van der Waals surface area (Å²) in [5, 5.41) is 6.82. The maximum atomic E-state index is 12.4. The molecule has 9 nitrogen and oxygen atoms in total. The maximum Gasteiger partial charge on any atom is 0.344 e. The fourth-order valence-electron chi connectivity index (χ4n) is 2.53. The Morgan fingerprint density at radius 2 is 2.04 bits per heavy atom. The van der Waals surface area contributed by atoms with Gasteiger partial charge in [0, 0.05) is 18.5 Å². The van der Waals surface area contributed by atoms with Crippen molar-refractivity contribution in [1.29, 1.82) is 0 Å². The molecule has 0 aliphatic carbocycles. The average molecular weight is 370 g/mol. The molecule has 3 aromatic rings. The van der Waals surface area contributed by atoms with Crippen molar-refractivity contribution in [3.05, 3.63) is 47.9 Å². The first-order valence-corrected chi connectivity index (χ1v) is 8.02. The van der Waals surface area contributed by atoms with Gasteiger partial charge in [0.25, 0.3) is 5.91 Å². The van der Waals surface area contributed by atoms with E-state index < -0.39 is 18.5 Å². The molecule has 0 aliphatic rings. The zero-order valence-corrected chi connectivity index (χ0v) is 15.1. The molecule has 27 heavy (non-hydrogen) atoms. The van der Waals surface area contributed by atoms with E-state index in [1.807, 2.05) is 0 Å². The van der Waals surface area contributed by atoms with Crippen LogP contribution < -0.4 is 14.8 Å². The number of hydrogen-bond acceptors (Lipinski definition) is 7. The molecule has 9 heteroatoms. The van der Waals surface area contributed by atoms with E-state index in [9.17, 15) is 9.59 Å². The van der Waals surface area contributed by atoms with Crippen LogP contribution in [0.1, 0.15) is 16.1 Å². The molecule has 0 unspecified atom stereocenters. The van der Waals surface area contributed by atoms with Crippen molar-refractivity contribution in [2.75, 3.05) is 26.1 Å². The molecule has 2 aromatic heterocycles. The van der Waals surface area contributed by atoms with E-state index in [1.54, 1.807) is 43.6 Å². The number of benzene rings is 1. The van der Waals surface area contributed by atoms with Gasteiger partial charge in [-0.25, -0.2) is 14.3 Å². The van der Waals surface area contributed by atoms with Crippen LogP contribution in [0.25, 0.3) is 5.65 Å². The minimum absolute atomic E-state index is 0.227. The average Bonchev–Trinajstić information content (AvgIpc) is 3.02. The third-order valence-corrected chi connectivity index (χ3v) is 3.79. The van der Waals surface area contributed by atoms with Gasteiger partial charge in [-0.2, -0.15) is 5.10 Å². The number of anilines is 1. The second-order valence-electron chi connectivity index (χ2n) is 5.54. The summed E-state index contributed by atoms with van der Waals surface area (Å²) >= 11 is 0. The quantitative estimate of drug-likeness (QED) is 0.660. The highest BCUT2D eigenvalue weighted by Gasteiger charge is 2.20. The summed E-state index contributed by atoms with van der Waals surface area (Å²) < 4.78 is 16.9. The number of rotatable bonds is 6. The van der Waals surface area contributed by atoms with E-state index in [0.717, 1.165) is 0 Å². The van der Waals surface area contributed by atoms with Crippen molar-refractivity contribution >= 4 is 23.2 Å². The lowest BCUT2D eigenvalue weighted by molar-refractivity contribution is -0.119.